The molecule has 2 radical (unpaired) electrons. The number of aryl methyl sites for hydroxylation is 2. The Morgan fingerprint density at radius 1 is 0.451 bits per heavy atom. The molecule has 0 aliphatic heterocycles. The van der Waals surface area contributed by atoms with Crippen LogP contribution in [-0.4, -0.2) is 116 Å². The van der Waals surface area contributed by atoms with Crippen LogP contribution < -0.4 is 4.74 Å². The fourth-order valence-electron chi connectivity index (χ4n) is 10.1. The molecule has 0 saturated carbocycles. The number of rotatable bonds is 20. The van der Waals surface area contributed by atoms with Gasteiger partial charge in [0.2, 0.25) is 0 Å². The number of carbonyl (C=O) groups excluding carboxylic acids is 1. The van der Waals surface area contributed by atoms with Gasteiger partial charge in [0, 0.05) is 93.3 Å². The number of ether oxygens (including phenoxy) is 1. The zero-order valence-corrected chi connectivity index (χ0v) is 74.5. The molecule has 0 amide bonds. The minimum Gasteiger partial charge on any atom is -0.508 e. The van der Waals surface area contributed by atoms with E-state index in [1.165, 1.54) is 60.0 Å². The SMILES string of the molecule is C=C(C)C(=O)Oc1ccc(CCC(O)CC(C)O)cc1.C=C(C)C(O)Cl.CC(O)CC(O)CCc1ccc(O)cc1.CCN(CC)CC.ClCCl.[Ir].[Ir].[c-]1c(-c2ccccn2)sc2ccccc12.[c-]1c(-c2ccccn2)sc2ccccc12.[c-]1c(-c2ccccn2)sc2ccccc12.[c-]1c(-c2ccccn2)sc2ccccc12. The van der Waals surface area contributed by atoms with Crippen LogP contribution in [0.3, 0.4) is 0 Å². The van der Waals surface area contributed by atoms with Gasteiger partial charge in [0.25, 0.3) is 0 Å². The molecule has 0 saturated heterocycles. The van der Waals surface area contributed by atoms with Gasteiger partial charge < -0.3 is 60.2 Å². The number of aromatic hydroxyl groups is 1. The summed E-state index contributed by atoms with van der Waals surface area (Å²) in [5.41, 5.74) is 6.19. The van der Waals surface area contributed by atoms with Crippen molar-refractivity contribution in [3.8, 4) is 53.8 Å². The summed E-state index contributed by atoms with van der Waals surface area (Å²) in [5.74, 6) is 0.291. The van der Waals surface area contributed by atoms with Gasteiger partial charge in [-0.1, -0.05) is 167 Å². The fraction of sp³-hybridized carbons (Fsp3) is 0.242. The van der Waals surface area contributed by atoms with Gasteiger partial charge >= 0.3 is 5.97 Å². The standard InChI is InChI=1S/C16H22O4.4C13H8NS.C12H18O3.C6H15N.C4H7ClO.CH2Cl2.2Ir/c1-11(2)16(19)20-15-8-5-13(6-9-15)4-7-14(18)10-12(3)17;4*1-2-7-12-10(5-1)9-13(15-12)11-6-3-4-8-14-11;1-9(13)8-12(15)7-4-10-2-5-11(14)6-3-10;1-4-7(5-2)6-3;1-3(2)4(5)6;2-1-3;;/h5-6,8-9,12,14,17-18H,1,4,7,10H2,2-3H3;4*1-8H;2-3,5-6,9,12-15H,4,7-8H2,1H3;4-6H2,1-3H3;4,6H,1H2,2H3;1H2;;/q;4*-1;;;;;;. The molecule has 113 heavy (non-hydrogen) atoms. The van der Waals surface area contributed by atoms with E-state index in [0.717, 1.165) is 59.8 Å². The Labute approximate surface area is 723 Å². The van der Waals surface area contributed by atoms with E-state index < -0.39 is 35.9 Å². The monoisotopic (exact) mass is 2010 g/mol. The van der Waals surface area contributed by atoms with Gasteiger partial charge in [-0.15, -0.1) is 118 Å². The number of hydrogen-bond acceptors (Lipinski definition) is 17. The van der Waals surface area contributed by atoms with Crippen molar-refractivity contribution in [2.24, 2.45) is 0 Å². The number of aromatic nitrogens is 4. The van der Waals surface area contributed by atoms with E-state index in [1.54, 1.807) is 97.3 Å². The molecular formula is C91H96Cl3Ir2N5O8S4-4. The van der Waals surface area contributed by atoms with Crippen molar-refractivity contribution in [1.29, 1.82) is 0 Å². The number of carbonyl (C=O) groups is 1. The molecular weight excluding hydrogens is 1910 g/mol. The molecule has 600 valence electrons. The zero-order valence-electron chi connectivity index (χ0n) is 64.1. The molecule has 22 heteroatoms. The number of fused-ring (bicyclic) bond motifs is 4. The van der Waals surface area contributed by atoms with E-state index in [9.17, 15) is 15.0 Å². The molecule has 14 rings (SSSR count). The van der Waals surface area contributed by atoms with Crippen LogP contribution in [0.4, 0.5) is 0 Å². The van der Waals surface area contributed by atoms with E-state index >= 15 is 0 Å². The molecule has 0 spiro atoms. The summed E-state index contributed by atoms with van der Waals surface area (Å²) in [4.78, 5) is 35.4. The normalized spacial score (nSPS) is 11.6. The van der Waals surface area contributed by atoms with E-state index in [1.807, 2.05) is 146 Å². The predicted molar refractivity (Wildman–Crippen MR) is 469 cm³/mol. The molecule has 8 heterocycles. The largest absolute Gasteiger partial charge is 0.508 e. The van der Waals surface area contributed by atoms with Gasteiger partial charge in [0.1, 0.15) is 17.1 Å². The Morgan fingerprint density at radius 2 is 0.717 bits per heavy atom. The molecule has 0 fully saturated rings. The molecule has 8 aromatic heterocycles. The van der Waals surface area contributed by atoms with Crippen molar-refractivity contribution in [3.63, 3.8) is 0 Å². The second kappa shape index (κ2) is 55.1. The second-order valence-electron chi connectivity index (χ2n) is 25.0. The Kier molecular flexibility index (Phi) is 47.7. The number of esters is 1. The van der Waals surface area contributed by atoms with Crippen molar-refractivity contribution >= 4 is 126 Å². The summed E-state index contributed by atoms with van der Waals surface area (Å²) >= 11 is 21.5. The van der Waals surface area contributed by atoms with Gasteiger partial charge in [0.05, 0.1) is 29.8 Å². The first-order chi connectivity index (χ1) is 53.6. The Bertz CT molecular complexity index is 4350. The van der Waals surface area contributed by atoms with E-state index in [-0.39, 0.29) is 51.3 Å². The number of aliphatic hydroxyl groups excluding tert-OH is 5. The molecule has 0 bridgehead atoms. The second-order valence-corrected chi connectivity index (χ2v) is 30.4. The number of alkyl halides is 3. The number of aliphatic hydroxyl groups is 5. The summed E-state index contributed by atoms with van der Waals surface area (Å²) < 4.78 is 10.1. The van der Waals surface area contributed by atoms with Gasteiger partial charge in [-0.25, -0.2) is 50.1 Å². The number of phenolic OH excluding ortho intramolecular Hbond substituents is 1. The van der Waals surface area contributed by atoms with Crippen LogP contribution in [0.15, 0.2) is 267 Å². The number of nitrogens with zero attached hydrogens (tertiary/aromatic N) is 5. The first-order valence-electron chi connectivity index (χ1n) is 36.2. The summed E-state index contributed by atoms with van der Waals surface area (Å²) in [6.07, 6.45) is 8.83. The van der Waals surface area contributed by atoms with E-state index in [4.69, 9.17) is 60.0 Å². The maximum atomic E-state index is 11.3. The van der Waals surface area contributed by atoms with Crippen molar-refractivity contribution in [1.82, 2.24) is 24.8 Å². The Hall–Kier alpha value is -7.56. The molecule has 5 unspecified atom stereocenters. The minimum absolute atomic E-state index is 0. The summed E-state index contributed by atoms with van der Waals surface area (Å²) in [7, 11) is 0. The third kappa shape index (κ3) is 36.9. The smallest absolute Gasteiger partial charge is 0.338 e. The average molecular weight is 2010 g/mol. The molecule has 5 atom stereocenters. The summed E-state index contributed by atoms with van der Waals surface area (Å²) in [6, 6.07) is 84.5. The maximum Gasteiger partial charge on any atom is 0.338 e. The number of benzene rings is 6. The molecule has 0 aliphatic rings. The van der Waals surface area contributed by atoms with Crippen molar-refractivity contribution in [2.45, 2.75) is 117 Å². The van der Waals surface area contributed by atoms with Crippen molar-refractivity contribution < 1.29 is 80.4 Å². The molecule has 6 aromatic carbocycles. The minimum atomic E-state index is -0.870. The topological polar surface area (TPSA) is 202 Å². The van der Waals surface area contributed by atoms with Crippen LogP contribution in [0.25, 0.3) is 82.6 Å². The van der Waals surface area contributed by atoms with Crippen LogP contribution >= 0.6 is 80.1 Å². The third-order valence-electron chi connectivity index (χ3n) is 15.9. The van der Waals surface area contributed by atoms with E-state index in [2.05, 4.69) is 156 Å². The first kappa shape index (κ1) is 97.8. The third-order valence-corrected chi connectivity index (χ3v) is 20.6. The van der Waals surface area contributed by atoms with Gasteiger partial charge in [-0.3, -0.25) is 0 Å². The Balaban J connectivity index is 0.000000275. The summed E-state index contributed by atoms with van der Waals surface area (Å²) in [6.45, 7) is 23.6. The zero-order chi connectivity index (χ0) is 80.3. The van der Waals surface area contributed by atoms with Gasteiger partial charge in [-0.2, -0.15) is 0 Å². The van der Waals surface area contributed by atoms with Crippen molar-refractivity contribution in [2.75, 3.05) is 25.0 Å². The molecule has 6 N–H and O–H groups in total. The number of hydrogen-bond donors (Lipinski definition) is 6. The predicted octanol–water partition coefficient (Wildman–Crippen LogP) is 22.6. The van der Waals surface area contributed by atoms with Crippen LogP contribution in [-0.2, 0) is 57.8 Å². The van der Waals surface area contributed by atoms with E-state index in [0.29, 0.717) is 49.0 Å². The summed E-state index contributed by atoms with van der Waals surface area (Å²) in [5, 5.41) is 59.7. The fourth-order valence-corrected chi connectivity index (χ4v) is 14.0. The Morgan fingerprint density at radius 3 is 0.938 bits per heavy atom. The molecule has 14 aromatic rings. The molecule has 13 nitrogen and oxygen atoms in total. The van der Waals surface area contributed by atoms with Gasteiger partial charge in [0.15, 0.2) is 0 Å². The van der Waals surface area contributed by atoms with Crippen molar-refractivity contribution in [3.05, 3.63) is 303 Å². The number of thiophene rings is 4. The number of halogens is 3. The van der Waals surface area contributed by atoms with Gasteiger partial charge in [-0.05, 0) is 189 Å². The maximum absolute atomic E-state index is 11.3. The first-order valence-corrected chi connectivity index (χ1v) is 40.9. The van der Waals surface area contributed by atoms with Crippen LogP contribution in [0.5, 0.6) is 11.5 Å². The van der Waals surface area contributed by atoms with Crippen LogP contribution in [0.1, 0.15) is 85.3 Å². The number of pyridine rings is 4. The average Bonchev–Trinajstić information content (AvgIpc) is 1.70. The van der Waals surface area contributed by atoms with Crippen LogP contribution in [0, 0.1) is 24.3 Å². The number of phenols is 1. The van der Waals surface area contributed by atoms with Crippen LogP contribution in [0.2, 0.25) is 0 Å². The quantitative estimate of drug-likeness (QED) is 0.0105. The molecule has 0 aliphatic carbocycles.